The van der Waals surface area contributed by atoms with Gasteiger partial charge in [0.1, 0.15) is 6.04 Å². The molecule has 1 aliphatic heterocycles. The molecule has 0 aromatic heterocycles. The largest absolute Gasteiger partial charge is 0.481 e. The number of hydrogen-bond donors (Lipinski definition) is 2. The fourth-order valence-electron chi connectivity index (χ4n) is 2.38. The Morgan fingerprint density at radius 3 is 2.63 bits per heavy atom. The van der Waals surface area contributed by atoms with Crippen molar-refractivity contribution in [1.82, 2.24) is 4.90 Å². The first-order valence-corrected chi connectivity index (χ1v) is 6.41. The third-order valence-corrected chi connectivity index (χ3v) is 3.51. The summed E-state index contributed by atoms with van der Waals surface area (Å²) in [6.45, 7) is 0.845. The SMILES string of the molecule is N[C@H](C(=O)N1CCC[C@@H](C(=O)O)C1)c1ccccc1. The molecule has 1 aliphatic rings. The van der Waals surface area contributed by atoms with Gasteiger partial charge in [0.05, 0.1) is 5.92 Å². The van der Waals surface area contributed by atoms with Crippen LogP contribution in [0.1, 0.15) is 24.4 Å². The van der Waals surface area contributed by atoms with Crippen LogP contribution in [0.25, 0.3) is 0 Å². The highest BCUT2D eigenvalue weighted by Gasteiger charge is 2.30. The molecule has 5 nitrogen and oxygen atoms in total. The van der Waals surface area contributed by atoms with Gasteiger partial charge in [-0.3, -0.25) is 9.59 Å². The first-order valence-electron chi connectivity index (χ1n) is 6.41. The molecule has 5 heteroatoms. The summed E-state index contributed by atoms with van der Waals surface area (Å²) in [7, 11) is 0. The Morgan fingerprint density at radius 1 is 1.32 bits per heavy atom. The summed E-state index contributed by atoms with van der Waals surface area (Å²) < 4.78 is 0. The molecule has 2 rings (SSSR count). The van der Waals surface area contributed by atoms with Gasteiger partial charge in [0.15, 0.2) is 0 Å². The molecule has 0 aliphatic carbocycles. The van der Waals surface area contributed by atoms with Gasteiger partial charge < -0.3 is 15.7 Å². The Hall–Kier alpha value is -1.88. The Bertz CT molecular complexity index is 461. The number of aliphatic carboxylic acids is 1. The van der Waals surface area contributed by atoms with Crippen LogP contribution < -0.4 is 5.73 Å². The van der Waals surface area contributed by atoms with Crippen molar-refractivity contribution in [2.75, 3.05) is 13.1 Å². The molecule has 1 saturated heterocycles. The van der Waals surface area contributed by atoms with E-state index in [1.54, 1.807) is 17.0 Å². The van der Waals surface area contributed by atoms with Crippen molar-refractivity contribution in [2.24, 2.45) is 11.7 Å². The maximum absolute atomic E-state index is 12.3. The van der Waals surface area contributed by atoms with Crippen LogP contribution in [0.5, 0.6) is 0 Å². The fourth-order valence-corrected chi connectivity index (χ4v) is 2.38. The molecule has 19 heavy (non-hydrogen) atoms. The number of piperidine rings is 1. The van der Waals surface area contributed by atoms with Gasteiger partial charge in [-0.15, -0.1) is 0 Å². The smallest absolute Gasteiger partial charge is 0.308 e. The number of amides is 1. The number of hydrogen-bond acceptors (Lipinski definition) is 3. The number of carbonyl (C=O) groups is 2. The van der Waals surface area contributed by atoms with E-state index in [1.807, 2.05) is 18.2 Å². The molecule has 0 saturated carbocycles. The Balaban J connectivity index is 2.05. The molecular weight excluding hydrogens is 244 g/mol. The molecule has 3 N–H and O–H groups in total. The lowest BCUT2D eigenvalue weighted by Crippen LogP contribution is -2.46. The number of likely N-dealkylation sites (tertiary alicyclic amines) is 1. The third-order valence-electron chi connectivity index (χ3n) is 3.51. The molecule has 0 spiro atoms. The van der Waals surface area contributed by atoms with E-state index >= 15 is 0 Å². The second-order valence-electron chi connectivity index (χ2n) is 4.85. The van der Waals surface area contributed by atoms with Gasteiger partial charge in [-0.25, -0.2) is 0 Å². The zero-order valence-electron chi connectivity index (χ0n) is 10.7. The van der Waals surface area contributed by atoms with Crippen LogP contribution in [-0.2, 0) is 9.59 Å². The zero-order chi connectivity index (χ0) is 13.8. The Kier molecular flexibility index (Phi) is 4.16. The molecular formula is C14H18N2O3. The lowest BCUT2D eigenvalue weighted by Gasteiger charge is -2.32. The summed E-state index contributed by atoms with van der Waals surface area (Å²) in [6, 6.07) is 8.43. The summed E-state index contributed by atoms with van der Waals surface area (Å²) in [5.41, 5.74) is 6.71. The van der Waals surface area contributed by atoms with Crippen molar-refractivity contribution >= 4 is 11.9 Å². The molecule has 2 atom stereocenters. The molecule has 0 radical (unpaired) electrons. The molecule has 1 fully saturated rings. The highest BCUT2D eigenvalue weighted by molar-refractivity contribution is 5.84. The van der Waals surface area contributed by atoms with E-state index in [1.165, 1.54) is 0 Å². The maximum atomic E-state index is 12.3. The quantitative estimate of drug-likeness (QED) is 0.851. The first-order chi connectivity index (χ1) is 9.09. The van der Waals surface area contributed by atoms with Crippen LogP contribution in [0.2, 0.25) is 0 Å². The van der Waals surface area contributed by atoms with Crippen LogP contribution in [0, 0.1) is 5.92 Å². The minimum atomic E-state index is -0.842. The van der Waals surface area contributed by atoms with Gasteiger partial charge >= 0.3 is 5.97 Å². The van der Waals surface area contributed by atoms with Crippen molar-refractivity contribution in [3.63, 3.8) is 0 Å². The summed E-state index contributed by atoms with van der Waals surface area (Å²) in [6.07, 6.45) is 1.34. The first kappa shape index (κ1) is 13.5. The molecule has 1 heterocycles. The Labute approximate surface area is 112 Å². The number of carboxylic acid groups (broad SMARTS) is 1. The summed E-state index contributed by atoms with van der Waals surface area (Å²) in [4.78, 5) is 24.8. The topological polar surface area (TPSA) is 83.6 Å². The highest BCUT2D eigenvalue weighted by atomic mass is 16.4. The van der Waals surface area contributed by atoms with Crippen LogP contribution in [0.3, 0.4) is 0 Å². The van der Waals surface area contributed by atoms with E-state index in [-0.39, 0.29) is 12.5 Å². The fraction of sp³-hybridized carbons (Fsp3) is 0.429. The lowest BCUT2D eigenvalue weighted by molar-refractivity contribution is -0.146. The number of carbonyl (C=O) groups excluding carboxylic acids is 1. The zero-order valence-corrected chi connectivity index (χ0v) is 10.7. The average molecular weight is 262 g/mol. The van der Waals surface area contributed by atoms with E-state index in [9.17, 15) is 9.59 Å². The minimum absolute atomic E-state index is 0.197. The second kappa shape index (κ2) is 5.84. The summed E-state index contributed by atoms with van der Waals surface area (Å²) >= 11 is 0. The van der Waals surface area contributed by atoms with Gasteiger partial charge in [-0.2, -0.15) is 0 Å². The van der Waals surface area contributed by atoms with Crippen LogP contribution in [0.15, 0.2) is 30.3 Å². The monoisotopic (exact) mass is 262 g/mol. The molecule has 1 aromatic rings. The molecule has 1 aromatic carbocycles. The predicted molar refractivity (Wildman–Crippen MR) is 70.3 cm³/mol. The van der Waals surface area contributed by atoms with Crippen molar-refractivity contribution in [2.45, 2.75) is 18.9 Å². The number of rotatable bonds is 3. The number of benzene rings is 1. The second-order valence-corrected chi connectivity index (χ2v) is 4.85. The van der Waals surface area contributed by atoms with Crippen molar-refractivity contribution in [3.05, 3.63) is 35.9 Å². The van der Waals surface area contributed by atoms with Crippen molar-refractivity contribution in [1.29, 1.82) is 0 Å². The maximum Gasteiger partial charge on any atom is 0.308 e. The van der Waals surface area contributed by atoms with E-state index < -0.39 is 17.9 Å². The molecule has 102 valence electrons. The van der Waals surface area contributed by atoms with E-state index in [2.05, 4.69) is 0 Å². The standard InChI is InChI=1S/C14H18N2O3/c15-12(10-5-2-1-3-6-10)13(17)16-8-4-7-11(9-16)14(18)19/h1-3,5-6,11-12H,4,7-9,15H2,(H,18,19)/t11-,12+/m1/s1. The minimum Gasteiger partial charge on any atom is -0.481 e. The van der Waals surface area contributed by atoms with Gasteiger partial charge in [0.2, 0.25) is 5.91 Å². The summed E-state index contributed by atoms with van der Waals surface area (Å²) in [5, 5.41) is 9.02. The molecule has 0 unspecified atom stereocenters. The van der Waals surface area contributed by atoms with E-state index in [0.717, 1.165) is 5.56 Å². The van der Waals surface area contributed by atoms with Gasteiger partial charge in [-0.05, 0) is 18.4 Å². The summed E-state index contributed by atoms with van der Waals surface area (Å²) in [5.74, 6) is -1.51. The predicted octanol–water partition coefficient (Wildman–Crippen LogP) is 1.01. The molecule has 0 bridgehead atoms. The van der Waals surface area contributed by atoms with Crippen LogP contribution in [-0.4, -0.2) is 35.0 Å². The van der Waals surface area contributed by atoms with Crippen LogP contribution >= 0.6 is 0 Å². The number of carboxylic acids is 1. The van der Waals surface area contributed by atoms with Crippen LogP contribution in [0.4, 0.5) is 0 Å². The lowest BCUT2D eigenvalue weighted by atomic mass is 9.97. The average Bonchev–Trinajstić information content (AvgIpc) is 2.46. The third kappa shape index (κ3) is 3.12. The van der Waals surface area contributed by atoms with Gasteiger partial charge in [0.25, 0.3) is 0 Å². The van der Waals surface area contributed by atoms with Gasteiger partial charge in [0, 0.05) is 13.1 Å². The van der Waals surface area contributed by atoms with Crippen molar-refractivity contribution in [3.8, 4) is 0 Å². The Morgan fingerprint density at radius 2 is 2.00 bits per heavy atom. The van der Waals surface area contributed by atoms with E-state index in [0.29, 0.717) is 19.4 Å². The number of nitrogens with zero attached hydrogens (tertiary/aromatic N) is 1. The normalized spacial score (nSPS) is 20.9. The molecule has 1 amide bonds. The van der Waals surface area contributed by atoms with E-state index in [4.69, 9.17) is 10.8 Å². The van der Waals surface area contributed by atoms with Crippen molar-refractivity contribution < 1.29 is 14.7 Å². The van der Waals surface area contributed by atoms with Gasteiger partial charge in [-0.1, -0.05) is 30.3 Å². The number of nitrogens with two attached hydrogens (primary N) is 1. The highest BCUT2D eigenvalue weighted by Crippen LogP contribution is 2.20.